The maximum Gasteiger partial charge on any atom is 0.407 e. The third-order valence-corrected chi connectivity index (χ3v) is 4.58. The van der Waals surface area contributed by atoms with Gasteiger partial charge in [0.05, 0.1) is 12.8 Å². The van der Waals surface area contributed by atoms with E-state index in [1.54, 1.807) is 11.8 Å². The summed E-state index contributed by atoms with van der Waals surface area (Å²) < 4.78 is 12.6. The molecule has 0 spiro atoms. The number of aromatic nitrogens is 2. The molecule has 2 atom stereocenters. The molecule has 1 aliphatic rings. The Morgan fingerprint density at radius 2 is 2.15 bits per heavy atom. The molecule has 1 fully saturated rings. The van der Waals surface area contributed by atoms with Gasteiger partial charge in [-0.2, -0.15) is 5.10 Å². The maximum absolute atomic E-state index is 12.1. The van der Waals surface area contributed by atoms with Crippen LogP contribution >= 0.6 is 0 Å². The number of nitrogens with zero attached hydrogens (tertiary/aromatic N) is 2. The van der Waals surface area contributed by atoms with Crippen molar-refractivity contribution in [2.45, 2.75) is 31.4 Å². The first-order valence-corrected chi connectivity index (χ1v) is 8.93. The predicted octanol–water partition coefficient (Wildman–Crippen LogP) is 1.67. The largest absolute Gasteiger partial charge is 0.497 e. The van der Waals surface area contributed by atoms with Crippen molar-refractivity contribution < 1.29 is 14.3 Å². The van der Waals surface area contributed by atoms with Gasteiger partial charge in [0.1, 0.15) is 11.9 Å². The number of methoxy groups -OCH3 is 1. The van der Waals surface area contributed by atoms with Crippen molar-refractivity contribution in [1.82, 2.24) is 20.4 Å². The predicted molar refractivity (Wildman–Crippen MR) is 98.3 cm³/mol. The number of benzene rings is 1. The first-order valence-electron chi connectivity index (χ1n) is 8.93. The van der Waals surface area contributed by atoms with Gasteiger partial charge in [0.2, 0.25) is 0 Å². The van der Waals surface area contributed by atoms with E-state index in [1.807, 2.05) is 43.6 Å². The van der Waals surface area contributed by atoms with Gasteiger partial charge in [-0.25, -0.2) is 4.79 Å². The van der Waals surface area contributed by atoms with Gasteiger partial charge in [-0.1, -0.05) is 12.1 Å². The summed E-state index contributed by atoms with van der Waals surface area (Å²) in [4.78, 5) is 12.1. The standard InChI is InChI=1S/C19H26N4O3/c1-23-12-9-15(22-23)7-10-21-19(24)26-18-8-11-20-17(18)13-14-3-5-16(25-2)6-4-14/h3-6,9,12,17-18,20H,7-8,10-11,13H2,1-2H3,(H,21,24). The Morgan fingerprint density at radius 1 is 1.35 bits per heavy atom. The van der Waals surface area contributed by atoms with Gasteiger partial charge >= 0.3 is 6.09 Å². The van der Waals surface area contributed by atoms with Crippen molar-refractivity contribution in [3.8, 4) is 5.75 Å². The maximum atomic E-state index is 12.1. The molecule has 0 saturated carbocycles. The Labute approximate surface area is 153 Å². The molecule has 26 heavy (non-hydrogen) atoms. The highest BCUT2D eigenvalue weighted by molar-refractivity contribution is 5.67. The van der Waals surface area contributed by atoms with Gasteiger partial charge in [-0.15, -0.1) is 0 Å². The summed E-state index contributed by atoms with van der Waals surface area (Å²) in [5.41, 5.74) is 2.14. The third kappa shape index (κ3) is 4.98. The lowest BCUT2D eigenvalue weighted by Gasteiger charge is -2.20. The number of carbonyl (C=O) groups excluding carboxylic acids is 1. The summed E-state index contributed by atoms with van der Waals surface area (Å²) in [7, 11) is 3.53. The van der Waals surface area contributed by atoms with Crippen LogP contribution in [0, 0.1) is 0 Å². The topological polar surface area (TPSA) is 77.4 Å². The molecule has 1 aromatic carbocycles. The number of amides is 1. The van der Waals surface area contributed by atoms with Crippen LogP contribution in [0.2, 0.25) is 0 Å². The molecule has 0 radical (unpaired) electrons. The lowest BCUT2D eigenvalue weighted by molar-refractivity contribution is 0.0902. The number of hydrogen-bond donors (Lipinski definition) is 2. The fourth-order valence-electron chi connectivity index (χ4n) is 3.17. The molecule has 7 nitrogen and oxygen atoms in total. The summed E-state index contributed by atoms with van der Waals surface area (Å²) in [5, 5.41) is 10.5. The molecule has 1 aromatic heterocycles. The van der Waals surface area contributed by atoms with Crippen LogP contribution in [0.3, 0.4) is 0 Å². The van der Waals surface area contributed by atoms with Crippen molar-refractivity contribution in [2.75, 3.05) is 20.2 Å². The van der Waals surface area contributed by atoms with Crippen molar-refractivity contribution in [3.63, 3.8) is 0 Å². The van der Waals surface area contributed by atoms with Gasteiger partial charge in [-0.05, 0) is 43.1 Å². The van der Waals surface area contributed by atoms with E-state index in [-0.39, 0.29) is 18.2 Å². The summed E-state index contributed by atoms with van der Waals surface area (Å²) >= 11 is 0. The van der Waals surface area contributed by atoms with E-state index in [9.17, 15) is 4.79 Å². The van der Waals surface area contributed by atoms with E-state index in [0.29, 0.717) is 13.0 Å². The number of rotatable bonds is 7. The zero-order valence-electron chi connectivity index (χ0n) is 15.3. The number of aryl methyl sites for hydroxylation is 1. The lowest BCUT2D eigenvalue weighted by Crippen LogP contribution is -2.38. The third-order valence-electron chi connectivity index (χ3n) is 4.58. The number of ether oxygens (including phenoxy) is 2. The number of nitrogens with one attached hydrogen (secondary N) is 2. The Hall–Kier alpha value is -2.54. The van der Waals surface area contributed by atoms with Gasteiger partial charge in [0.25, 0.3) is 0 Å². The van der Waals surface area contributed by atoms with Crippen LogP contribution < -0.4 is 15.4 Å². The van der Waals surface area contributed by atoms with Crippen molar-refractivity contribution in [1.29, 1.82) is 0 Å². The summed E-state index contributed by atoms with van der Waals surface area (Å²) in [6.45, 7) is 1.37. The van der Waals surface area contributed by atoms with Crippen LogP contribution in [0.15, 0.2) is 36.5 Å². The van der Waals surface area contributed by atoms with Crippen LogP contribution in [-0.2, 0) is 24.6 Å². The van der Waals surface area contributed by atoms with Gasteiger partial charge in [0, 0.05) is 32.3 Å². The van der Waals surface area contributed by atoms with Crippen molar-refractivity contribution in [3.05, 3.63) is 47.8 Å². The first-order chi connectivity index (χ1) is 12.6. The second kappa shape index (κ2) is 8.71. The molecule has 1 amide bonds. The second-order valence-corrected chi connectivity index (χ2v) is 6.50. The van der Waals surface area contributed by atoms with E-state index in [2.05, 4.69) is 15.7 Å². The number of alkyl carbamates (subject to hydrolysis) is 1. The molecule has 0 aliphatic carbocycles. The van der Waals surface area contributed by atoms with Crippen molar-refractivity contribution >= 4 is 6.09 Å². The average Bonchev–Trinajstić information content (AvgIpc) is 3.25. The van der Waals surface area contributed by atoms with Crippen LogP contribution in [0.5, 0.6) is 5.75 Å². The molecule has 7 heteroatoms. The second-order valence-electron chi connectivity index (χ2n) is 6.50. The summed E-state index contributed by atoms with van der Waals surface area (Å²) in [6, 6.07) is 10.1. The Morgan fingerprint density at radius 3 is 2.85 bits per heavy atom. The smallest absolute Gasteiger partial charge is 0.407 e. The molecule has 2 heterocycles. The Balaban J connectivity index is 1.44. The zero-order chi connectivity index (χ0) is 18.4. The molecular formula is C19H26N4O3. The highest BCUT2D eigenvalue weighted by Gasteiger charge is 2.30. The lowest BCUT2D eigenvalue weighted by atomic mass is 10.0. The summed E-state index contributed by atoms with van der Waals surface area (Å²) in [6.07, 6.45) is 3.74. The minimum Gasteiger partial charge on any atom is -0.497 e. The normalized spacial score (nSPS) is 19.3. The molecular weight excluding hydrogens is 332 g/mol. The minimum atomic E-state index is -0.366. The van der Waals surface area contributed by atoms with E-state index >= 15 is 0 Å². The molecule has 1 saturated heterocycles. The van der Waals surface area contributed by atoms with Crippen molar-refractivity contribution in [2.24, 2.45) is 7.05 Å². The van der Waals surface area contributed by atoms with Crippen LogP contribution in [0.1, 0.15) is 17.7 Å². The van der Waals surface area contributed by atoms with Gasteiger partial charge in [-0.3, -0.25) is 4.68 Å². The highest BCUT2D eigenvalue weighted by Crippen LogP contribution is 2.18. The van der Waals surface area contributed by atoms with E-state index in [1.165, 1.54) is 5.56 Å². The van der Waals surface area contributed by atoms with Crippen LogP contribution in [0.4, 0.5) is 4.79 Å². The molecule has 140 valence electrons. The average molecular weight is 358 g/mol. The molecule has 2 N–H and O–H groups in total. The Bertz CT molecular complexity index is 714. The van der Waals surface area contributed by atoms with E-state index in [4.69, 9.17) is 9.47 Å². The van der Waals surface area contributed by atoms with Crippen LogP contribution in [-0.4, -0.2) is 48.2 Å². The molecule has 1 aliphatic heterocycles. The van der Waals surface area contributed by atoms with Gasteiger partial charge < -0.3 is 20.1 Å². The van der Waals surface area contributed by atoms with E-state index < -0.39 is 0 Å². The molecule has 2 unspecified atom stereocenters. The fraction of sp³-hybridized carbons (Fsp3) is 0.474. The first kappa shape index (κ1) is 18.3. The fourth-order valence-corrected chi connectivity index (χ4v) is 3.17. The molecule has 2 aromatic rings. The molecule has 3 rings (SSSR count). The summed E-state index contributed by atoms with van der Waals surface area (Å²) in [5.74, 6) is 0.841. The Kier molecular flexibility index (Phi) is 6.12. The zero-order valence-corrected chi connectivity index (χ0v) is 15.3. The monoisotopic (exact) mass is 358 g/mol. The minimum absolute atomic E-state index is 0.119. The number of carbonyl (C=O) groups is 1. The molecule has 0 bridgehead atoms. The quantitative estimate of drug-likeness (QED) is 0.787. The van der Waals surface area contributed by atoms with E-state index in [0.717, 1.165) is 30.8 Å². The number of hydrogen-bond acceptors (Lipinski definition) is 5. The van der Waals surface area contributed by atoms with Crippen LogP contribution in [0.25, 0.3) is 0 Å². The highest BCUT2D eigenvalue weighted by atomic mass is 16.6. The SMILES string of the molecule is COc1ccc(CC2NCCC2OC(=O)NCCc2ccn(C)n2)cc1. The van der Waals surface area contributed by atoms with Gasteiger partial charge in [0.15, 0.2) is 0 Å².